The third-order valence-electron chi connectivity index (χ3n) is 15.4. The van der Waals surface area contributed by atoms with Crippen LogP contribution in [-0.4, -0.2) is 158 Å². The van der Waals surface area contributed by atoms with E-state index in [0.29, 0.717) is 104 Å². The number of carbonyl (C=O) groups is 4. The van der Waals surface area contributed by atoms with E-state index >= 15 is 0 Å². The number of carbonyl (C=O) groups excluding carboxylic acids is 3. The Morgan fingerprint density at radius 1 is 0.655 bits per heavy atom. The molecule has 2 aromatic carbocycles. The number of likely N-dealkylation sites (N-methyl/N-ethyl adjacent to an activating group) is 2. The summed E-state index contributed by atoms with van der Waals surface area (Å²) in [4.78, 5) is 87.1. The van der Waals surface area contributed by atoms with E-state index in [0.717, 1.165) is 63.0 Å². The van der Waals surface area contributed by atoms with Crippen LogP contribution in [0.1, 0.15) is 84.2 Å². The molecule has 2 aliphatic heterocycles. The number of piperidine rings is 2. The molecule has 3 amide bonds. The van der Waals surface area contributed by atoms with E-state index in [4.69, 9.17) is 39.9 Å². The van der Waals surface area contributed by atoms with E-state index in [1.165, 1.54) is 68.9 Å². The molecule has 0 spiro atoms. The Labute approximate surface area is 501 Å². The highest BCUT2D eigenvalue weighted by molar-refractivity contribution is 6.06. The number of anilines is 4. The predicted molar refractivity (Wildman–Crippen MR) is 330 cm³/mol. The number of carboxylic acid groups (broad SMARTS) is 1. The molecule has 87 heavy (non-hydrogen) atoms. The molecule has 12 rings (SSSR count). The summed E-state index contributed by atoms with van der Waals surface area (Å²) in [6.07, 6.45) is 21.1. The lowest BCUT2D eigenvalue weighted by atomic mass is 10.1. The topological polar surface area (TPSA) is 308 Å². The van der Waals surface area contributed by atoms with Crippen LogP contribution in [0.4, 0.5) is 34.6 Å². The number of likely N-dealkylation sites (tertiary alicyclic amines) is 1. The lowest BCUT2D eigenvalue weighted by molar-refractivity contribution is -0.131. The predicted octanol–water partition coefficient (Wildman–Crippen LogP) is 8.01. The Balaban J connectivity index is 0.000000168. The molecular formula is C62H66N20O5. The van der Waals surface area contributed by atoms with Gasteiger partial charge in [0.2, 0.25) is 5.91 Å². The lowest BCUT2D eigenvalue weighted by Gasteiger charge is -2.32. The fourth-order valence-electron chi connectivity index (χ4n) is 10.4. The summed E-state index contributed by atoms with van der Waals surface area (Å²) in [6.45, 7) is 18.8. The summed E-state index contributed by atoms with van der Waals surface area (Å²) in [5, 5.41) is 28.3. The first-order chi connectivity index (χ1) is 42.2. The average Bonchev–Trinajstić information content (AvgIpc) is 3.05. The van der Waals surface area contributed by atoms with E-state index < -0.39 is 5.97 Å². The van der Waals surface area contributed by atoms with Crippen molar-refractivity contribution >= 4 is 80.4 Å². The first kappa shape index (κ1) is 59.8. The maximum atomic E-state index is 13.0. The lowest BCUT2D eigenvalue weighted by Crippen LogP contribution is -2.40. The molecular weight excluding hydrogens is 1100 g/mol. The number of hydrogen-bond donors (Lipinski definition) is 6. The summed E-state index contributed by atoms with van der Waals surface area (Å²) in [5.74, 6) is -0.212. The van der Waals surface area contributed by atoms with Crippen LogP contribution >= 0.6 is 0 Å². The van der Waals surface area contributed by atoms with Gasteiger partial charge in [0.1, 0.15) is 47.3 Å². The third kappa shape index (κ3) is 15.0. The van der Waals surface area contributed by atoms with Gasteiger partial charge in [-0.1, -0.05) is 36.4 Å². The molecule has 6 aromatic heterocycles. The molecule has 2 saturated carbocycles. The minimum Gasteiger partial charge on any atom is -0.478 e. The van der Waals surface area contributed by atoms with Crippen LogP contribution in [0.15, 0.2) is 122 Å². The van der Waals surface area contributed by atoms with Crippen molar-refractivity contribution in [2.75, 3.05) is 75.5 Å². The zero-order valence-electron chi connectivity index (χ0n) is 48.2. The number of benzene rings is 2. The highest BCUT2D eigenvalue weighted by Gasteiger charge is 2.30. The molecule has 2 saturated heterocycles. The van der Waals surface area contributed by atoms with Gasteiger partial charge in [0.15, 0.2) is 22.7 Å². The van der Waals surface area contributed by atoms with Crippen molar-refractivity contribution in [3.63, 3.8) is 0 Å². The molecule has 2 aliphatic carbocycles. The first-order valence-electron chi connectivity index (χ1n) is 28.7. The Morgan fingerprint density at radius 2 is 1.14 bits per heavy atom. The van der Waals surface area contributed by atoms with Gasteiger partial charge in [-0.15, -0.1) is 0 Å². The van der Waals surface area contributed by atoms with Crippen LogP contribution in [0.5, 0.6) is 0 Å². The summed E-state index contributed by atoms with van der Waals surface area (Å²) in [5.41, 5.74) is 18.4. The fraction of sp³-hybridized carbons (Fsp3) is 0.323. The number of carboxylic acids is 1. The van der Waals surface area contributed by atoms with Crippen molar-refractivity contribution in [2.45, 2.75) is 75.5 Å². The van der Waals surface area contributed by atoms with Gasteiger partial charge in [0, 0.05) is 91.6 Å². The largest absolute Gasteiger partial charge is 0.478 e. The highest BCUT2D eigenvalue weighted by atomic mass is 16.4. The highest BCUT2D eigenvalue weighted by Crippen LogP contribution is 2.36. The quantitative estimate of drug-likeness (QED) is 0.0394. The van der Waals surface area contributed by atoms with Gasteiger partial charge in [0.05, 0.1) is 36.0 Å². The number of aromatic nitrogens is 10. The Morgan fingerprint density at radius 3 is 1.60 bits per heavy atom. The molecule has 0 unspecified atom stereocenters. The molecule has 8 aromatic rings. The van der Waals surface area contributed by atoms with Gasteiger partial charge in [-0.3, -0.25) is 24.2 Å². The number of pyridine rings is 2. The number of nitrogens with two attached hydrogens (primary N) is 2. The van der Waals surface area contributed by atoms with Crippen molar-refractivity contribution in [1.82, 2.24) is 69.5 Å². The third-order valence-corrected chi connectivity index (χ3v) is 15.4. The van der Waals surface area contributed by atoms with Crippen LogP contribution < -0.4 is 27.4 Å². The standard InChI is InChI=1S/C31H32N10O2.C23H21N9O.C8H13NO2/c1-33-22-13-14-34-25(17-22)37-31(43)21-9-7-20(8-10-21)28-27-29(32)35-19-36-30(27)41(38-28)24-5-3-16-40(18-24)26(42)6-4-15-39(2)23-11-12-23;1-25-16-8-10-27-18(11-16)30-23(33)15-6-4-14(5-7-15)20-19-21(24)28-13-29-22(19)32(31-20)17-3-2-9-26-12-17;1-9(7-4-5-7)6-2-3-8(10)11/h4,6-10,13-14,17,19,23-24H,3,5,11-12,15-16,18H2,2H3,(H2,32,35,36)(H,34,37,43);4-8,10-11,13,17,26H,2-3,9,12H2,(H2,24,28,29)(H,27,30,33);2-3,7H,4-6H2,1H3,(H,10,11)/b6-4+;;3-2+/t24-;17-;/m11./s1. The van der Waals surface area contributed by atoms with Crippen LogP contribution in [0, 0.1) is 13.1 Å². The van der Waals surface area contributed by atoms with Gasteiger partial charge in [-0.2, -0.15) is 10.2 Å². The van der Waals surface area contributed by atoms with Crippen molar-refractivity contribution < 1.29 is 24.3 Å². The molecule has 8 heterocycles. The molecule has 4 aliphatic rings. The van der Waals surface area contributed by atoms with E-state index in [9.17, 15) is 19.2 Å². The number of nitrogens with one attached hydrogen (secondary N) is 3. The number of amides is 3. The molecule has 0 bridgehead atoms. The Hall–Kier alpha value is -10.3. The number of rotatable bonds is 16. The van der Waals surface area contributed by atoms with Gasteiger partial charge < -0.3 is 37.4 Å². The molecule has 444 valence electrons. The summed E-state index contributed by atoms with van der Waals surface area (Å²) >= 11 is 0. The Bertz CT molecular complexity index is 3950. The molecule has 8 N–H and O–H groups in total. The Kier molecular flexibility index (Phi) is 19.0. The number of aliphatic carboxylic acids is 1. The van der Waals surface area contributed by atoms with E-state index in [2.05, 4.69) is 72.4 Å². The number of nitrogen functional groups attached to an aromatic ring is 2. The van der Waals surface area contributed by atoms with Crippen LogP contribution in [0.3, 0.4) is 0 Å². The summed E-state index contributed by atoms with van der Waals surface area (Å²) in [6, 6.07) is 21.8. The van der Waals surface area contributed by atoms with E-state index in [-0.39, 0.29) is 29.8 Å². The molecule has 4 fully saturated rings. The molecule has 0 radical (unpaired) electrons. The van der Waals surface area contributed by atoms with Crippen molar-refractivity contribution in [1.29, 1.82) is 0 Å². The van der Waals surface area contributed by atoms with Crippen LogP contribution in [0.2, 0.25) is 0 Å². The maximum absolute atomic E-state index is 13.0. The second-order valence-electron chi connectivity index (χ2n) is 21.7. The number of hydrogen-bond acceptors (Lipinski definition) is 17. The molecule has 25 heteroatoms. The zero-order valence-corrected chi connectivity index (χ0v) is 48.2. The maximum Gasteiger partial charge on any atom is 0.328 e. The van der Waals surface area contributed by atoms with Gasteiger partial charge in [0.25, 0.3) is 11.8 Å². The SMILES string of the molecule is CN(C/C=C/C(=O)O)C1CC1.[C-]#[N+]c1ccnc(NC(=O)c2ccc(-c3nn([C@@H]4CCCN(C(=O)/C=C/CN(C)C5CC5)C4)c4ncnc(N)c34)cc2)c1.[C-]#[N+]c1ccnc(NC(=O)c2ccc(-c3nn([C@@H]4CCCNC4)c4ncnc(N)c34)cc2)c1. The van der Waals surface area contributed by atoms with Crippen LogP contribution in [0.25, 0.3) is 54.3 Å². The second kappa shape index (κ2) is 27.6. The minimum absolute atomic E-state index is 0.00426. The van der Waals surface area contributed by atoms with Gasteiger partial charge in [-0.25, -0.2) is 53.8 Å². The van der Waals surface area contributed by atoms with Crippen molar-refractivity contribution in [3.8, 4) is 22.5 Å². The van der Waals surface area contributed by atoms with Crippen LogP contribution in [-0.2, 0) is 9.59 Å². The van der Waals surface area contributed by atoms with E-state index in [1.807, 2.05) is 39.5 Å². The number of fused-ring (bicyclic) bond motifs is 2. The molecule has 2 atom stereocenters. The smallest absolute Gasteiger partial charge is 0.328 e. The van der Waals surface area contributed by atoms with E-state index in [1.54, 1.807) is 60.7 Å². The fourth-order valence-corrected chi connectivity index (χ4v) is 10.4. The van der Waals surface area contributed by atoms with Crippen molar-refractivity contribution in [2.24, 2.45) is 0 Å². The zero-order chi connectivity index (χ0) is 61.0. The van der Waals surface area contributed by atoms with Gasteiger partial charge in [-0.05, 0) is 121 Å². The first-order valence-corrected chi connectivity index (χ1v) is 28.7. The summed E-state index contributed by atoms with van der Waals surface area (Å²) in [7, 11) is 4.11. The normalized spacial score (nSPS) is 16.6. The minimum atomic E-state index is -0.866. The second-order valence-corrected chi connectivity index (χ2v) is 21.7. The molecule has 25 nitrogen and oxygen atoms in total. The summed E-state index contributed by atoms with van der Waals surface area (Å²) < 4.78 is 3.80. The monoisotopic (exact) mass is 1170 g/mol. The number of nitrogens with zero attached hydrogens (tertiary/aromatic N) is 15. The van der Waals surface area contributed by atoms with Gasteiger partial charge >= 0.3 is 5.97 Å². The van der Waals surface area contributed by atoms with Crippen molar-refractivity contribution in [3.05, 3.63) is 156 Å². The average molecular weight is 1170 g/mol.